The van der Waals surface area contributed by atoms with Gasteiger partial charge in [0.1, 0.15) is 0 Å². The van der Waals surface area contributed by atoms with Crippen molar-refractivity contribution in [3.63, 3.8) is 0 Å². The highest BCUT2D eigenvalue weighted by molar-refractivity contribution is 6.06. The molecule has 0 N–H and O–H groups in total. The van der Waals surface area contributed by atoms with Crippen LogP contribution in [0.4, 0.5) is 0 Å². The highest BCUT2D eigenvalue weighted by Gasteiger charge is 2.66. The lowest BCUT2D eigenvalue weighted by Crippen LogP contribution is -2.40. The molecule has 6 heteroatoms. The second-order valence-corrected chi connectivity index (χ2v) is 9.74. The average Bonchev–Trinajstić information content (AvgIpc) is 3.57. The number of hydrogen-bond donors (Lipinski definition) is 0. The van der Waals surface area contributed by atoms with Gasteiger partial charge in [-0.2, -0.15) is 0 Å². The van der Waals surface area contributed by atoms with Gasteiger partial charge in [-0.25, -0.2) is 0 Å². The summed E-state index contributed by atoms with van der Waals surface area (Å²) in [7, 11) is 0. The van der Waals surface area contributed by atoms with Crippen LogP contribution in [-0.4, -0.2) is 41.6 Å². The van der Waals surface area contributed by atoms with E-state index in [1.54, 1.807) is 12.1 Å². The number of ketones is 1. The predicted molar refractivity (Wildman–Crippen MR) is 116 cm³/mol. The lowest BCUT2D eigenvalue weighted by Gasteiger charge is -2.37. The van der Waals surface area contributed by atoms with E-state index in [4.69, 9.17) is 4.74 Å². The summed E-state index contributed by atoms with van der Waals surface area (Å²) in [5.74, 6) is 0.891. The van der Waals surface area contributed by atoms with Crippen LogP contribution < -0.4 is 0 Å². The topological polar surface area (TPSA) is 80.8 Å². The number of hydrogen-bond acceptors (Lipinski definition) is 5. The monoisotopic (exact) mass is 435 g/mol. The van der Waals surface area contributed by atoms with E-state index >= 15 is 0 Å². The SMILES string of the molecule is Cc1ccc(C(=O)COC(=O)CCCCCN2C(=O)[C@@H]3[C@H]4C=C[C@@H]([C@@H]5C[C@H]45)[C@@H]3C2=O)cc1. The van der Waals surface area contributed by atoms with E-state index in [9.17, 15) is 19.2 Å². The fourth-order valence-electron chi connectivity index (χ4n) is 6.00. The Bertz CT molecular complexity index is 944. The molecule has 32 heavy (non-hydrogen) atoms. The molecular weight excluding hydrogens is 406 g/mol. The Labute approximate surface area is 188 Å². The molecule has 1 aromatic carbocycles. The maximum Gasteiger partial charge on any atom is 0.306 e. The van der Waals surface area contributed by atoms with E-state index in [2.05, 4.69) is 12.2 Å². The minimum absolute atomic E-state index is 0.0127. The van der Waals surface area contributed by atoms with Gasteiger partial charge in [-0.1, -0.05) is 48.4 Å². The molecule has 2 saturated carbocycles. The Balaban J connectivity index is 1.02. The van der Waals surface area contributed by atoms with Gasteiger partial charge in [0.2, 0.25) is 11.8 Å². The Morgan fingerprint density at radius 2 is 1.56 bits per heavy atom. The first-order valence-corrected chi connectivity index (χ1v) is 11.7. The first-order valence-electron chi connectivity index (χ1n) is 11.7. The molecule has 0 radical (unpaired) electrons. The molecule has 6 atom stereocenters. The van der Waals surface area contributed by atoms with E-state index in [1.807, 2.05) is 19.1 Å². The van der Waals surface area contributed by atoms with Gasteiger partial charge in [0.15, 0.2) is 12.4 Å². The van der Waals surface area contributed by atoms with E-state index < -0.39 is 5.97 Å². The van der Waals surface area contributed by atoms with Gasteiger partial charge in [-0.15, -0.1) is 0 Å². The van der Waals surface area contributed by atoms with Gasteiger partial charge < -0.3 is 4.74 Å². The van der Waals surface area contributed by atoms with Gasteiger partial charge in [-0.05, 0) is 49.9 Å². The number of carbonyl (C=O) groups is 4. The maximum atomic E-state index is 12.9. The number of ether oxygens (including phenoxy) is 1. The summed E-state index contributed by atoms with van der Waals surface area (Å²) in [4.78, 5) is 51.3. The van der Waals surface area contributed by atoms with Crippen LogP contribution in [0.3, 0.4) is 0 Å². The number of unbranched alkanes of at least 4 members (excludes halogenated alkanes) is 2. The summed E-state index contributed by atoms with van der Waals surface area (Å²) < 4.78 is 5.10. The summed E-state index contributed by atoms with van der Waals surface area (Å²) in [6, 6.07) is 7.16. The number of likely N-dealkylation sites (tertiary alicyclic amines) is 1. The number of imide groups is 1. The molecule has 1 aromatic rings. The van der Waals surface area contributed by atoms with Gasteiger partial charge in [0.05, 0.1) is 11.8 Å². The highest BCUT2D eigenvalue weighted by atomic mass is 16.5. The molecule has 4 aliphatic carbocycles. The second-order valence-electron chi connectivity index (χ2n) is 9.74. The molecule has 1 aliphatic heterocycles. The van der Waals surface area contributed by atoms with Crippen LogP contribution in [0, 0.1) is 42.4 Å². The van der Waals surface area contributed by atoms with Crippen molar-refractivity contribution in [2.24, 2.45) is 35.5 Å². The van der Waals surface area contributed by atoms with Crippen LogP contribution in [0.1, 0.15) is 48.0 Å². The smallest absolute Gasteiger partial charge is 0.306 e. The molecule has 1 heterocycles. The first-order chi connectivity index (χ1) is 15.5. The van der Waals surface area contributed by atoms with Gasteiger partial charge in [-0.3, -0.25) is 24.1 Å². The van der Waals surface area contributed by atoms with Crippen LogP contribution >= 0.6 is 0 Å². The lowest BCUT2D eigenvalue weighted by molar-refractivity contribution is -0.143. The zero-order valence-electron chi connectivity index (χ0n) is 18.4. The molecule has 3 fully saturated rings. The number of Topliss-reactive ketones (excluding diaryl/α,β-unsaturated/α-hetero) is 1. The summed E-state index contributed by atoms with van der Waals surface area (Å²) in [5, 5.41) is 0. The molecule has 2 bridgehead atoms. The van der Waals surface area contributed by atoms with Crippen LogP contribution in [0.25, 0.3) is 0 Å². The summed E-state index contributed by atoms with van der Waals surface area (Å²) >= 11 is 0. The van der Waals surface area contributed by atoms with Crippen molar-refractivity contribution in [1.82, 2.24) is 4.90 Å². The standard InChI is InChI=1S/C26H29NO5/c1-15-6-8-16(9-7-15)21(28)14-32-22(29)5-3-2-4-12-27-25(30)23-17-10-11-18(20-13-19(17)20)24(23)26(27)31/h6-11,17-20,23-24H,2-5,12-14H2,1H3/t17-,18-,19-,20+,23-,24+/m0/s1. The number of nitrogens with zero attached hydrogens (tertiary/aromatic N) is 1. The fraction of sp³-hybridized carbons (Fsp3) is 0.538. The third-order valence-electron chi connectivity index (χ3n) is 7.75. The van der Waals surface area contributed by atoms with Crippen molar-refractivity contribution in [1.29, 1.82) is 0 Å². The van der Waals surface area contributed by atoms with Crippen LogP contribution in [0.15, 0.2) is 36.4 Å². The average molecular weight is 436 g/mol. The van der Waals surface area contributed by atoms with E-state index in [1.165, 1.54) is 11.3 Å². The third-order valence-corrected chi connectivity index (χ3v) is 7.75. The Kier molecular flexibility index (Phi) is 5.48. The summed E-state index contributed by atoms with van der Waals surface area (Å²) in [5.41, 5.74) is 1.60. The van der Waals surface area contributed by atoms with Gasteiger partial charge in [0, 0.05) is 18.5 Å². The van der Waals surface area contributed by atoms with Crippen LogP contribution in [-0.2, 0) is 19.1 Å². The minimum atomic E-state index is -0.397. The number of rotatable bonds is 9. The second kappa shape index (κ2) is 8.30. The van der Waals surface area contributed by atoms with Crippen LogP contribution in [0.5, 0.6) is 0 Å². The highest BCUT2D eigenvalue weighted by Crippen LogP contribution is 2.65. The van der Waals surface area contributed by atoms with Crippen molar-refractivity contribution in [2.75, 3.05) is 13.2 Å². The molecule has 6 nitrogen and oxygen atoms in total. The van der Waals surface area contributed by atoms with Gasteiger partial charge in [0.25, 0.3) is 0 Å². The maximum absolute atomic E-state index is 12.9. The fourth-order valence-corrected chi connectivity index (χ4v) is 6.00. The quantitative estimate of drug-likeness (QED) is 0.195. The lowest BCUT2D eigenvalue weighted by atomic mass is 9.63. The predicted octanol–water partition coefficient (Wildman–Crippen LogP) is 3.33. The minimum Gasteiger partial charge on any atom is -0.457 e. The number of allylic oxidation sites excluding steroid dienone is 2. The number of benzene rings is 1. The zero-order valence-corrected chi connectivity index (χ0v) is 18.4. The van der Waals surface area contributed by atoms with Crippen molar-refractivity contribution >= 4 is 23.6 Å². The number of amides is 2. The normalized spacial score (nSPS) is 31.5. The molecule has 0 spiro atoms. The molecule has 1 saturated heterocycles. The van der Waals surface area contributed by atoms with Gasteiger partial charge >= 0.3 is 5.97 Å². The number of esters is 1. The first kappa shape index (κ1) is 21.1. The van der Waals surface area contributed by atoms with E-state index in [-0.39, 0.29) is 54.3 Å². The number of aryl methyl sites for hydroxylation is 1. The Hall–Kier alpha value is -2.76. The molecule has 6 rings (SSSR count). The number of carbonyl (C=O) groups excluding carboxylic acids is 4. The van der Waals surface area contributed by atoms with E-state index in [0.717, 1.165) is 12.0 Å². The molecule has 2 amide bonds. The molecule has 0 aromatic heterocycles. The third kappa shape index (κ3) is 3.70. The summed E-state index contributed by atoms with van der Waals surface area (Å²) in [6.07, 6.45) is 7.78. The van der Waals surface area contributed by atoms with Crippen LogP contribution in [0.2, 0.25) is 0 Å². The van der Waals surface area contributed by atoms with Crippen molar-refractivity contribution in [3.8, 4) is 0 Å². The molecule has 5 aliphatic rings. The largest absolute Gasteiger partial charge is 0.457 e. The Morgan fingerprint density at radius 3 is 2.19 bits per heavy atom. The summed E-state index contributed by atoms with van der Waals surface area (Å²) in [6.45, 7) is 2.13. The molecular formula is C26H29NO5. The molecule has 168 valence electrons. The van der Waals surface area contributed by atoms with Crippen molar-refractivity contribution < 1.29 is 23.9 Å². The van der Waals surface area contributed by atoms with E-state index in [0.29, 0.717) is 36.8 Å². The molecule has 0 unspecified atom stereocenters. The van der Waals surface area contributed by atoms with Crippen molar-refractivity contribution in [2.45, 2.75) is 39.0 Å². The van der Waals surface area contributed by atoms with Crippen molar-refractivity contribution in [3.05, 3.63) is 47.5 Å². The zero-order chi connectivity index (χ0) is 22.4. The Morgan fingerprint density at radius 1 is 0.938 bits per heavy atom.